The Morgan fingerprint density at radius 2 is 1.74 bits per heavy atom. The third-order valence-electron chi connectivity index (χ3n) is 3.26. The maximum atomic E-state index is 12.6. The summed E-state index contributed by atoms with van der Waals surface area (Å²) in [5.41, 5.74) is 0.312. The number of aromatic hydroxyl groups is 1. The number of hydrogen-bond donors (Lipinski definition) is 1. The first-order valence-corrected chi connectivity index (χ1v) is 8.14. The number of phenols is 1. The number of ether oxygens (including phenoxy) is 2. The minimum atomic E-state index is -0.374. The van der Waals surface area contributed by atoms with Gasteiger partial charge in [-0.2, -0.15) is 0 Å². The Balaban J connectivity index is 2.44. The lowest BCUT2D eigenvalue weighted by Gasteiger charge is -2.30. The molecule has 1 aromatic carbocycles. The molecule has 1 saturated heterocycles. The topological polar surface area (TPSA) is 59.0 Å². The molecule has 1 heterocycles. The van der Waals surface area contributed by atoms with Gasteiger partial charge in [0.25, 0.3) is 5.91 Å². The fraction of sp³-hybridized carbons (Fsp3) is 0.375. The van der Waals surface area contributed by atoms with Crippen molar-refractivity contribution in [3.8, 4) is 17.2 Å². The lowest BCUT2D eigenvalue weighted by atomic mass is 10.1. The van der Waals surface area contributed by atoms with Gasteiger partial charge in [-0.05, 0) is 44.5 Å². The number of carbonyl (C=O) groups is 1. The Bertz CT molecular complexity index is 667. The predicted octanol–water partition coefficient (Wildman–Crippen LogP) is 3.41. The van der Waals surface area contributed by atoms with Crippen LogP contribution in [0.4, 0.5) is 0 Å². The van der Waals surface area contributed by atoms with Crippen molar-refractivity contribution < 1.29 is 19.4 Å². The highest BCUT2D eigenvalue weighted by molar-refractivity contribution is 8.26. The van der Waals surface area contributed by atoms with Gasteiger partial charge < -0.3 is 14.6 Å². The standard InChI is InChI=1S/C16H19NO4S2/c1-16(2,3)17-14(19)12(23-15(17)22)8-9-6-10(20-4)13(18)11(7-9)21-5/h6-8,18H,1-5H3/b12-8-. The number of nitrogens with zero attached hydrogens (tertiary/aromatic N) is 1. The highest BCUT2D eigenvalue weighted by atomic mass is 32.2. The van der Waals surface area contributed by atoms with Crippen LogP contribution in [0.25, 0.3) is 6.08 Å². The van der Waals surface area contributed by atoms with Gasteiger partial charge in [-0.25, -0.2) is 0 Å². The molecule has 2 rings (SSSR count). The normalized spacial score (nSPS) is 17.1. The number of benzene rings is 1. The lowest BCUT2D eigenvalue weighted by Crippen LogP contribution is -2.44. The van der Waals surface area contributed by atoms with Crippen LogP contribution in [0.1, 0.15) is 26.3 Å². The Morgan fingerprint density at radius 3 is 2.13 bits per heavy atom. The number of carbonyl (C=O) groups excluding carboxylic acids is 1. The number of phenolic OH excluding ortho intramolecular Hbond substituents is 1. The van der Waals surface area contributed by atoms with Crippen molar-refractivity contribution in [2.75, 3.05) is 14.2 Å². The van der Waals surface area contributed by atoms with Crippen LogP contribution in [-0.2, 0) is 4.79 Å². The van der Waals surface area contributed by atoms with Gasteiger partial charge in [-0.3, -0.25) is 9.69 Å². The van der Waals surface area contributed by atoms with Crippen LogP contribution in [-0.4, -0.2) is 40.0 Å². The first-order chi connectivity index (χ1) is 10.7. The second-order valence-corrected chi connectivity index (χ2v) is 7.64. The van der Waals surface area contributed by atoms with Gasteiger partial charge in [-0.1, -0.05) is 24.0 Å². The molecule has 0 saturated carbocycles. The molecular formula is C16H19NO4S2. The molecule has 0 aromatic heterocycles. The average Bonchev–Trinajstić information content (AvgIpc) is 2.74. The minimum Gasteiger partial charge on any atom is -0.502 e. The Labute approximate surface area is 145 Å². The number of thiocarbonyl (C=S) groups is 1. The van der Waals surface area contributed by atoms with E-state index in [1.165, 1.54) is 26.0 Å². The van der Waals surface area contributed by atoms with Crippen molar-refractivity contribution in [3.63, 3.8) is 0 Å². The molecule has 1 aliphatic heterocycles. The Morgan fingerprint density at radius 1 is 1.22 bits per heavy atom. The van der Waals surface area contributed by atoms with Crippen LogP contribution in [0.5, 0.6) is 17.2 Å². The fourth-order valence-corrected chi connectivity index (χ4v) is 3.83. The molecule has 1 fully saturated rings. The van der Waals surface area contributed by atoms with Crippen molar-refractivity contribution in [2.45, 2.75) is 26.3 Å². The zero-order valence-electron chi connectivity index (χ0n) is 13.7. The summed E-state index contributed by atoms with van der Waals surface area (Å²) in [5, 5.41) is 9.95. The van der Waals surface area contributed by atoms with Crippen LogP contribution >= 0.6 is 24.0 Å². The predicted molar refractivity (Wildman–Crippen MR) is 96.0 cm³/mol. The molecule has 0 aliphatic carbocycles. The molecule has 0 radical (unpaired) electrons. The van der Waals surface area contributed by atoms with Crippen LogP contribution in [0.3, 0.4) is 0 Å². The lowest BCUT2D eigenvalue weighted by molar-refractivity contribution is -0.125. The number of amides is 1. The fourth-order valence-electron chi connectivity index (χ4n) is 2.19. The molecule has 0 atom stereocenters. The Kier molecular flexibility index (Phi) is 4.91. The zero-order chi connectivity index (χ0) is 17.4. The number of methoxy groups -OCH3 is 2. The summed E-state index contributed by atoms with van der Waals surface area (Å²) < 4.78 is 10.8. The van der Waals surface area contributed by atoms with E-state index in [1.807, 2.05) is 20.8 Å². The zero-order valence-corrected chi connectivity index (χ0v) is 15.3. The van der Waals surface area contributed by atoms with E-state index in [0.717, 1.165) is 0 Å². The summed E-state index contributed by atoms with van der Waals surface area (Å²) in [6.07, 6.45) is 1.72. The quantitative estimate of drug-likeness (QED) is 0.664. The first kappa shape index (κ1) is 17.6. The Hall–Kier alpha value is -1.73. The molecule has 7 heteroatoms. The summed E-state index contributed by atoms with van der Waals surface area (Å²) in [5.74, 6) is 0.358. The van der Waals surface area contributed by atoms with Crippen molar-refractivity contribution in [1.82, 2.24) is 4.90 Å². The van der Waals surface area contributed by atoms with E-state index < -0.39 is 0 Å². The van der Waals surface area contributed by atoms with Gasteiger partial charge >= 0.3 is 0 Å². The molecular weight excluding hydrogens is 334 g/mol. The van der Waals surface area contributed by atoms with E-state index in [9.17, 15) is 9.90 Å². The van der Waals surface area contributed by atoms with E-state index in [-0.39, 0.29) is 28.7 Å². The highest BCUT2D eigenvalue weighted by Crippen LogP contribution is 2.40. The summed E-state index contributed by atoms with van der Waals surface area (Å²) >= 11 is 6.57. The number of hydrogen-bond acceptors (Lipinski definition) is 6. The van der Waals surface area contributed by atoms with Crippen molar-refractivity contribution >= 4 is 40.3 Å². The van der Waals surface area contributed by atoms with Crippen molar-refractivity contribution in [2.24, 2.45) is 0 Å². The molecule has 1 N–H and O–H groups in total. The third-order valence-corrected chi connectivity index (χ3v) is 4.57. The van der Waals surface area contributed by atoms with Crippen LogP contribution in [0, 0.1) is 0 Å². The monoisotopic (exact) mass is 353 g/mol. The molecule has 0 spiro atoms. The number of rotatable bonds is 3. The van der Waals surface area contributed by atoms with Crippen LogP contribution < -0.4 is 9.47 Å². The third kappa shape index (κ3) is 3.45. The highest BCUT2D eigenvalue weighted by Gasteiger charge is 2.39. The van der Waals surface area contributed by atoms with Gasteiger partial charge in [0, 0.05) is 5.54 Å². The molecule has 0 unspecified atom stereocenters. The van der Waals surface area contributed by atoms with Gasteiger partial charge in [0.15, 0.2) is 11.5 Å². The van der Waals surface area contributed by atoms with Crippen LogP contribution in [0.15, 0.2) is 17.0 Å². The summed E-state index contributed by atoms with van der Waals surface area (Å²) in [4.78, 5) is 14.7. The van der Waals surface area contributed by atoms with Gasteiger partial charge in [-0.15, -0.1) is 0 Å². The van der Waals surface area contributed by atoms with Gasteiger partial charge in [0.05, 0.1) is 19.1 Å². The second-order valence-electron chi connectivity index (χ2n) is 5.96. The molecule has 5 nitrogen and oxygen atoms in total. The average molecular weight is 353 g/mol. The summed E-state index contributed by atoms with van der Waals surface area (Å²) in [7, 11) is 2.91. The van der Waals surface area contributed by atoms with Crippen molar-refractivity contribution in [3.05, 3.63) is 22.6 Å². The van der Waals surface area contributed by atoms with E-state index in [1.54, 1.807) is 23.1 Å². The van der Waals surface area contributed by atoms with E-state index in [2.05, 4.69) is 0 Å². The maximum Gasteiger partial charge on any atom is 0.266 e. The largest absolute Gasteiger partial charge is 0.502 e. The van der Waals surface area contributed by atoms with E-state index in [0.29, 0.717) is 14.8 Å². The van der Waals surface area contributed by atoms with Gasteiger partial charge in [0.1, 0.15) is 4.32 Å². The smallest absolute Gasteiger partial charge is 0.266 e. The molecule has 1 amide bonds. The maximum absolute atomic E-state index is 12.6. The van der Waals surface area contributed by atoms with Gasteiger partial charge in [0.2, 0.25) is 5.75 Å². The SMILES string of the molecule is COc1cc(/C=C2\SC(=S)N(C(C)(C)C)C2=O)cc(OC)c1O. The van der Waals surface area contributed by atoms with Crippen molar-refractivity contribution in [1.29, 1.82) is 0 Å². The molecule has 124 valence electrons. The number of thioether (sulfide) groups is 1. The summed E-state index contributed by atoms with van der Waals surface area (Å²) in [6, 6.07) is 3.28. The summed E-state index contributed by atoms with van der Waals surface area (Å²) in [6.45, 7) is 5.81. The second kappa shape index (κ2) is 6.41. The first-order valence-electron chi connectivity index (χ1n) is 6.92. The molecule has 1 aromatic rings. The molecule has 0 bridgehead atoms. The molecule has 1 aliphatic rings. The molecule has 23 heavy (non-hydrogen) atoms. The van der Waals surface area contributed by atoms with E-state index in [4.69, 9.17) is 21.7 Å². The minimum absolute atomic E-state index is 0.0746. The van der Waals surface area contributed by atoms with E-state index >= 15 is 0 Å². The van der Waals surface area contributed by atoms with Crippen LogP contribution in [0.2, 0.25) is 0 Å².